The van der Waals surface area contributed by atoms with Crippen molar-refractivity contribution in [3.63, 3.8) is 0 Å². The molecular weight excluding hydrogens is 284 g/mol. The van der Waals surface area contributed by atoms with Gasteiger partial charge in [0, 0.05) is 37.7 Å². The monoisotopic (exact) mass is 306 g/mol. The van der Waals surface area contributed by atoms with Gasteiger partial charge in [0.25, 0.3) is 0 Å². The number of anilines is 1. The van der Waals surface area contributed by atoms with Crippen LogP contribution in [0.15, 0.2) is 6.20 Å². The maximum Gasteiger partial charge on any atom is 0.163 e. The summed E-state index contributed by atoms with van der Waals surface area (Å²) in [5, 5.41) is 8.62. The number of aromatic nitrogens is 4. The van der Waals surface area contributed by atoms with E-state index >= 15 is 0 Å². The van der Waals surface area contributed by atoms with Crippen LogP contribution >= 0.6 is 11.8 Å². The van der Waals surface area contributed by atoms with Crippen molar-refractivity contribution in [2.75, 3.05) is 29.9 Å². The van der Waals surface area contributed by atoms with E-state index in [0.29, 0.717) is 6.04 Å². The molecule has 0 aromatic carbocycles. The van der Waals surface area contributed by atoms with Crippen LogP contribution in [0.2, 0.25) is 0 Å². The van der Waals surface area contributed by atoms with Crippen molar-refractivity contribution in [3.05, 3.63) is 12.0 Å². The lowest BCUT2D eigenvalue weighted by Crippen LogP contribution is -2.40. The maximum atomic E-state index is 4.71. The van der Waals surface area contributed by atoms with E-state index in [2.05, 4.69) is 29.2 Å². The first kappa shape index (κ1) is 14.6. The second-order valence-electron chi connectivity index (χ2n) is 5.42. The van der Waals surface area contributed by atoms with Crippen molar-refractivity contribution in [1.29, 1.82) is 0 Å². The Morgan fingerprint density at radius 3 is 3.05 bits per heavy atom. The molecule has 1 saturated heterocycles. The van der Waals surface area contributed by atoms with E-state index in [1.165, 1.54) is 11.5 Å². The van der Waals surface area contributed by atoms with Gasteiger partial charge in [-0.15, -0.1) is 0 Å². The Morgan fingerprint density at radius 2 is 2.29 bits per heavy atom. The van der Waals surface area contributed by atoms with Crippen molar-refractivity contribution >= 4 is 28.6 Å². The van der Waals surface area contributed by atoms with E-state index in [0.717, 1.165) is 42.3 Å². The van der Waals surface area contributed by atoms with Gasteiger partial charge in [-0.05, 0) is 13.8 Å². The minimum atomic E-state index is 0.581. The second kappa shape index (κ2) is 6.19. The highest BCUT2D eigenvalue weighted by Gasteiger charge is 2.20. The lowest BCUT2D eigenvalue weighted by molar-refractivity contribution is 0.218. The SMILES string of the molecule is CCNc1nc(CN2CCSCC2C)nc2c1cnn2C. The van der Waals surface area contributed by atoms with Crippen molar-refractivity contribution in [3.8, 4) is 0 Å². The Morgan fingerprint density at radius 1 is 1.43 bits per heavy atom. The maximum absolute atomic E-state index is 4.71. The van der Waals surface area contributed by atoms with Gasteiger partial charge in [0.2, 0.25) is 0 Å². The van der Waals surface area contributed by atoms with Gasteiger partial charge < -0.3 is 5.32 Å². The Balaban J connectivity index is 1.92. The quantitative estimate of drug-likeness (QED) is 0.928. The summed E-state index contributed by atoms with van der Waals surface area (Å²) in [5.41, 5.74) is 0.898. The fourth-order valence-electron chi connectivity index (χ4n) is 2.62. The number of fused-ring (bicyclic) bond motifs is 1. The summed E-state index contributed by atoms with van der Waals surface area (Å²) in [4.78, 5) is 11.9. The van der Waals surface area contributed by atoms with Gasteiger partial charge in [0.1, 0.15) is 11.6 Å². The smallest absolute Gasteiger partial charge is 0.163 e. The van der Waals surface area contributed by atoms with Gasteiger partial charge in [-0.2, -0.15) is 16.9 Å². The summed E-state index contributed by atoms with van der Waals surface area (Å²) in [7, 11) is 1.93. The van der Waals surface area contributed by atoms with E-state index in [-0.39, 0.29) is 0 Å². The van der Waals surface area contributed by atoms with Crippen LogP contribution in [-0.2, 0) is 13.6 Å². The van der Waals surface area contributed by atoms with Gasteiger partial charge >= 0.3 is 0 Å². The van der Waals surface area contributed by atoms with Crippen LogP contribution in [0.4, 0.5) is 5.82 Å². The molecule has 6 nitrogen and oxygen atoms in total. The molecule has 3 heterocycles. The summed E-state index contributed by atoms with van der Waals surface area (Å²) < 4.78 is 1.82. The molecule has 0 radical (unpaired) electrons. The average Bonchev–Trinajstić information content (AvgIpc) is 2.84. The normalized spacial score (nSPS) is 20.0. The predicted molar refractivity (Wildman–Crippen MR) is 87.7 cm³/mol. The van der Waals surface area contributed by atoms with Gasteiger partial charge in [-0.25, -0.2) is 9.97 Å². The highest BCUT2D eigenvalue weighted by atomic mass is 32.2. The molecule has 1 atom stereocenters. The molecule has 114 valence electrons. The third kappa shape index (κ3) is 2.98. The van der Waals surface area contributed by atoms with Crippen molar-refractivity contribution in [2.24, 2.45) is 7.05 Å². The zero-order valence-electron chi connectivity index (χ0n) is 12.8. The standard InChI is InChI=1S/C14H22N6S/c1-4-15-13-11-7-16-19(3)14(11)18-12(17-13)8-20-5-6-21-9-10(20)2/h7,10H,4-6,8-9H2,1-3H3,(H,15,17,18). The highest BCUT2D eigenvalue weighted by Crippen LogP contribution is 2.22. The minimum Gasteiger partial charge on any atom is -0.370 e. The molecule has 1 fully saturated rings. The number of rotatable bonds is 4. The molecule has 1 aliphatic heterocycles. The Hall–Kier alpha value is -1.34. The molecule has 7 heteroatoms. The minimum absolute atomic E-state index is 0.581. The molecule has 3 rings (SSSR count). The highest BCUT2D eigenvalue weighted by molar-refractivity contribution is 7.99. The predicted octanol–water partition coefficient (Wildman–Crippen LogP) is 1.73. The topological polar surface area (TPSA) is 58.9 Å². The zero-order valence-corrected chi connectivity index (χ0v) is 13.7. The average molecular weight is 306 g/mol. The van der Waals surface area contributed by atoms with Gasteiger partial charge in [0.15, 0.2) is 5.65 Å². The lowest BCUT2D eigenvalue weighted by Gasteiger charge is -2.32. The number of hydrogen-bond donors (Lipinski definition) is 1. The number of nitrogens with zero attached hydrogens (tertiary/aromatic N) is 5. The number of thioether (sulfide) groups is 1. The fourth-order valence-corrected chi connectivity index (χ4v) is 3.70. The summed E-state index contributed by atoms with van der Waals surface area (Å²) >= 11 is 2.03. The number of hydrogen-bond acceptors (Lipinski definition) is 6. The molecule has 2 aromatic rings. The Bertz CT molecular complexity index is 625. The molecule has 0 amide bonds. The summed E-state index contributed by atoms with van der Waals surface area (Å²) in [6, 6.07) is 0.581. The van der Waals surface area contributed by atoms with Crippen LogP contribution in [0.1, 0.15) is 19.7 Å². The Kier molecular flexibility index (Phi) is 4.30. The molecule has 2 aromatic heterocycles. The van der Waals surface area contributed by atoms with Crippen molar-refractivity contribution in [1.82, 2.24) is 24.6 Å². The summed E-state index contributed by atoms with van der Waals surface area (Å²) in [6.07, 6.45) is 1.83. The molecule has 0 aliphatic carbocycles. The second-order valence-corrected chi connectivity index (χ2v) is 6.57. The van der Waals surface area contributed by atoms with Crippen LogP contribution in [-0.4, -0.2) is 55.3 Å². The summed E-state index contributed by atoms with van der Waals surface area (Å²) in [6.45, 7) is 7.11. The molecule has 1 aliphatic rings. The molecular formula is C14H22N6S. The molecule has 0 spiro atoms. The fraction of sp³-hybridized carbons (Fsp3) is 0.643. The van der Waals surface area contributed by atoms with E-state index in [9.17, 15) is 0 Å². The third-order valence-electron chi connectivity index (χ3n) is 3.83. The largest absolute Gasteiger partial charge is 0.370 e. The van der Waals surface area contributed by atoms with Crippen LogP contribution in [0.25, 0.3) is 11.0 Å². The van der Waals surface area contributed by atoms with E-state index in [4.69, 9.17) is 9.97 Å². The van der Waals surface area contributed by atoms with Gasteiger partial charge in [-0.3, -0.25) is 9.58 Å². The summed E-state index contributed by atoms with van der Waals surface area (Å²) in [5.74, 6) is 4.15. The third-order valence-corrected chi connectivity index (χ3v) is 5.02. The molecule has 1 N–H and O–H groups in total. The van der Waals surface area contributed by atoms with E-state index < -0.39 is 0 Å². The van der Waals surface area contributed by atoms with Crippen LogP contribution in [0, 0.1) is 0 Å². The van der Waals surface area contributed by atoms with Gasteiger partial charge in [-0.1, -0.05) is 0 Å². The Labute approximate surface area is 129 Å². The molecule has 1 unspecified atom stereocenters. The van der Waals surface area contributed by atoms with E-state index in [1.807, 2.05) is 29.7 Å². The first-order chi connectivity index (χ1) is 10.2. The van der Waals surface area contributed by atoms with Crippen LogP contribution < -0.4 is 5.32 Å². The number of nitrogens with one attached hydrogen (secondary N) is 1. The lowest BCUT2D eigenvalue weighted by atomic mass is 10.3. The first-order valence-corrected chi connectivity index (χ1v) is 8.58. The van der Waals surface area contributed by atoms with E-state index in [1.54, 1.807) is 0 Å². The zero-order chi connectivity index (χ0) is 14.8. The van der Waals surface area contributed by atoms with Gasteiger partial charge in [0.05, 0.1) is 18.1 Å². The number of aryl methyl sites for hydroxylation is 1. The molecule has 0 bridgehead atoms. The van der Waals surface area contributed by atoms with Crippen LogP contribution in [0.3, 0.4) is 0 Å². The van der Waals surface area contributed by atoms with Crippen molar-refractivity contribution < 1.29 is 0 Å². The molecule has 21 heavy (non-hydrogen) atoms. The molecule has 0 saturated carbocycles. The first-order valence-electron chi connectivity index (χ1n) is 7.43. The van der Waals surface area contributed by atoms with Crippen LogP contribution in [0.5, 0.6) is 0 Å². The van der Waals surface area contributed by atoms with Crippen molar-refractivity contribution in [2.45, 2.75) is 26.4 Å².